The Morgan fingerprint density at radius 1 is 0.571 bits per heavy atom. The fourth-order valence-electron chi connectivity index (χ4n) is 2.63. The molecule has 6 nitrogen and oxygen atoms in total. The van der Waals surface area contributed by atoms with Crippen molar-refractivity contribution in [2.45, 2.75) is 0 Å². The van der Waals surface area contributed by atoms with Gasteiger partial charge < -0.3 is 9.79 Å². The van der Waals surface area contributed by atoms with Crippen molar-refractivity contribution in [3.8, 4) is 0 Å². The van der Waals surface area contributed by atoms with Gasteiger partial charge in [0.2, 0.25) is 0 Å². The summed E-state index contributed by atoms with van der Waals surface area (Å²) in [5.41, 5.74) is -2.48. The zero-order valence-corrected chi connectivity index (χ0v) is 16.3. The maximum Gasteiger partial charge on any atom is 0.298 e. The van der Waals surface area contributed by atoms with Crippen LogP contribution in [0.2, 0.25) is 0 Å². The van der Waals surface area contributed by atoms with Crippen molar-refractivity contribution in [2.75, 3.05) is 0 Å². The van der Waals surface area contributed by atoms with Gasteiger partial charge in [-0.25, -0.2) is 0 Å². The summed E-state index contributed by atoms with van der Waals surface area (Å²) in [6, 6.07) is 19.9. The van der Waals surface area contributed by atoms with Gasteiger partial charge in [0.25, 0.3) is 25.8 Å². The summed E-state index contributed by atoms with van der Waals surface area (Å²) >= 11 is 0. The van der Waals surface area contributed by atoms with E-state index in [1.807, 2.05) is 0 Å². The molecule has 0 spiro atoms. The molecule has 3 aromatic rings. The monoisotopic (exact) mass is 414 g/mol. The lowest BCUT2D eigenvalue weighted by Gasteiger charge is -2.13. The third kappa shape index (κ3) is 3.82. The van der Waals surface area contributed by atoms with Gasteiger partial charge in [-0.05, 0) is 30.3 Å². The summed E-state index contributed by atoms with van der Waals surface area (Å²) < 4.78 is 25.3. The average Bonchev–Trinajstić information content (AvgIpc) is 2.74. The Morgan fingerprint density at radius 2 is 0.929 bits per heavy atom. The van der Waals surface area contributed by atoms with Crippen LogP contribution in [0, 0.1) is 0 Å². The molecule has 8 heteroatoms. The van der Waals surface area contributed by atoms with Crippen LogP contribution in [0.3, 0.4) is 0 Å². The first kappa shape index (κ1) is 20.1. The molecule has 0 aliphatic rings. The van der Waals surface area contributed by atoms with Gasteiger partial charge in [-0.15, -0.1) is 0 Å². The molecule has 0 saturated heterocycles. The minimum absolute atomic E-state index is 0.0335. The Labute approximate surface area is 161 Å². The quantitative estimate of drug-likeness (QED) is 0.600. The molecule has 0 saturated carbocycles. The van der Waals surface area contributed by atoms with Gasteiger partial charge in [0.15, 0.2) is 0 Å². The van der Waals surface area contributed by atoms with Gasteiger partial charge in [-0.2, -0.15) is 0 Å². The summed E-state index contributed by atoms with van der Waals surface area (Å²) in [4.78, 5) is 45.8. The summed E-state index contributed by atoms with van der Waals surface area (Å²) in [6.07, 6.45) is 0. The Bertz CT molecular complexity index is 1040. The van der Waals surface area contributed by atoms with Gasteiger partial charge in [-0.3, -0.25) is 18.7 Å². The zero-order chi connectivity index (χ0) is 20.4. The number of benzene rings is 3. The fraction of sp³-hybridized carbons (Fsp3) is 0. The second-order valence-electron chi connectivity index (χ2n) is 6.01. The van der Waals surface area contributed by atoms with Crippen LogP contribution in [-0.4, -0.2) is 20.8 Å². The number of hydrogen-bond donors (Lipinski definition) is 2. The van der Waals surface area contributed by atoms with Crippen molar-refractivity contribution in [3.63, 3.8) is 0 Å². The normalized spacial score (nSPS) is 15.2. The molecule has 28 heavy (non-hydrogen) atoms. The molecular weight excluding hydrogens is 398 g/mol. The van der Waals surface area contributed by atoms with Crippen LogP contribution in [0.1, 0.15) is 20.7 Å². The lowest BCUT2D eigenvalue weighted by molar-refractivity contribution is 0.106. The molecule has 0 radical (unpaired) electrons. The van der Waals surface area contributed by atoms with Crippen molar-refractivity contribution in [3.05, 3.63) is 96.1 Å². The first-order chi connectivity index (χ1) is 13.2. The summed E-state index contributed by atoms with van der Waals surface area (Å²) in [6.45, 7) is 0. The maximum absolute atomic E-state index is 12.6. The van der Waals surface area contributed by atoms with Gasteiger partial charge in [0.1, 0.15) is 0 Å². The lowest BCUT2D eigenvalue weighted by atomic mass is 10.1. The van der Waals surface area contributed by atoms with Crippen molar-refractivity contribution in [2.24, 2.45) is 0 Å². The Hall–Kier alpha value is -2.62. The topological polar surface area (TPSA) is 109 Å². The van der Waals surface area contributed by atoms with E-state index in [0.717, 1.165) is 6.07 Å². The molecule has 0 amide bonds. The van der Waals surface area contributed by atoms with Crippen LogP contribution in [-0.2, 0) is 9.13 Å². The van der Waals surface area contributed by atoms with Crippen molar-refractivity contribution in [1.82, 2.24) is 0 Å². The van der Waals surface area contributed by atoms with E-state index < -0.39 is 25.8 Å². The molecule has 3 aromatic carbocycles. The third-order valence-corrected chi connectivity index (χ3v) is 7.73. The SMILES string of the molecule is O=C(c1cccc(C(=O)P(=O)(O)c2ccccc2)c1)P(=O)(O)c1ccccc1. The molecule has 2 atom stereocenters. The van der Waals surface area contributed by atoms with Gasteiger partial charge in [0.05, 0.1) is 0 Å². The molecule has 0 bridgehead atoms. The molecule has 0 aromatic heterocycles. The van der Waals surface area contributed by atoms with Crippen molar-refractivity contribution in [1.29, 1.82) is 0 Å². The number of hydrogen-bond acceptors (Lipinski definition) is 4. The minimum Gasteiger partial charge on any atom is -0.336 e. The van der Waals surface area contributed by atoms with E-state index in [9.17, 15) is 28.5 Å². The van der Waals surface area contributed by atoms with Crippen LogP contribution in [0.25, 0.3) is 0 Å². The van der Waals surface area contributed by atoms with E-state index in [-0.39, 0.29) is 21.7 Å². The number of rotatable bonds is 6. The van der Waals surface area contributed by atoms with Crippen LogP contribution < -0.4 is 10.6 Å². The number of carbonyl (C=O) groups excluding carboxylic acids is 2. The highest BCUT2D eigenvalue weighted by Gasteiger charge is 2.35. The van der Waals surface area contributed by atoms with Crippen LogP contribution >= 0.6 is 14.7 Å². The Kier molecular flexibility index (Phi) is 5.59. The van der Waals surface area contributed by atoms with Gasteiger partial charge >= 0.3 is 0 Å². The summed E-state index contributed by atoms with van der Waals surface area (Å²) in [5, 5.41) is -0.0670. The predicted octanol–water partition coefficient (Wildman–Crippen LogP) is 3.16. The highest BCUT2D eigenvalue weighted by atomic mass is 31.2. The largest absolute Gasteiger partial charge is 0.336 e. The van der Waals surface area contributed by atoms with Crippen LogP contribution in [0.4, 0.5) is 0 Å². The van der Waals surface area contributed by atoms with Gasteiger partial charge in [0, 0.05) is 21.7 Å². The second-order valence-corrected chi connectivity index (χ2v) is 10.2. The fourth-order valence-corrected chi connectivity index (χ4v) is 5.23. The van der Waals surface area contributed by atoms with E-state index in [4.69, 9.17) is 0 Å². The van der Waals surface area contributed by atoms with E-state index >= 15 is 0 Å². The number of carbonyl (C=O) groups is 2. The first-order valence-electron chi connectivity index (χ1n) is 8.21. The predicted molar refractivity (Wildman–Crippen MR) is 107 cm³/mol. The molecule has 142 valence electrons. The molecule has 0 heterocycles. The van der Waals surface area contributed by atoms with E-state index in [2.05, 4.69) is 0 Å². The van der Waals surface area contributed by atoms with E-state index in [1.165, 1.54) is 66.7 Å². The third-order valence-electron chi connectivity index (χ3n) is 4.12. The molecule has 2 unspecified atom stereocenters. The maximum atomic E-state index is 12.6. The standard InChI is InChI=1S/C20H16O6P2/c21-19(27(23,24)17-10-3-1-4-11-17)15-8-7-9-16(14-15)20(22)28(25,26)18-12-5-2-6-13-18/h1-14H,(H,23,24)(H,25,26). The van der Waals surface area contributed by atoms with Gasteiger partial charge in [-0.1, -0.05) is 54.6 Å². The summed E-state index contributed by atoms with van der Waals surface area (Å²) in [5.74, 6) is 0. The molecular formula is C20H16O6P2. The Morgan fingerprint density at radius 3 is 1.29 bits per heavy atom. The van der Waals surface area contributed by atoms with Crippen LogP contribution in [0.5, 0.6) is 0 Å². The van der Waals surface area contributed by atoms with E-state index in [0.29, 0.717) is 0 Å². The molecule has 0 fully saturated rings. The average molecular weight is 414 g/mol. The smallest absolute Gasteiger partial charge is 0.298 e. The lowest BCUT2D eigenvalue weighted by Crippen LogP contribution is -2.15. The van der Waals surface area contributed by atoms with Crippen molar-refractivity contribution >= 4 is 36.4 Å². The molecule has 0 aliphatic heterocycles. The highest BCUT2D eigenvalue weighted by molar-refractivity contribution is 7.83. The Balaban J connectivity index is 1.97. The second kappa shape index (κ2) is 7.78. The molecule has 0 aliphatic carbocycles. The molecule has 2 N–H and O–H groups in total. The zero-order valence-electron chi connectivity index (χ0n) is 14.5. The van der Waals surface area contributed by atoms with E-state index in [1.54, 1.807) is 12.1 Å². The first-order valence-corrected chi connectivity index (χ1v) is 11.5. The van der Waals surface area contributed by atoms with Crippen molar-refractivity contribution < 1.29 is 28.5 Å². The van der Waals surface area contributed by atoms with Crippen LogP contribution in [0.15, 0.2) is 84.9 Å². The highest BCUT2D eigenvalue weighted by Crippen LogP contribution is 2.45. The summed E-state index contributed by atoms with van der Waals surface area (Å²) in [7, 11) is -8.78. The molecule has 3 rings (SSSR count). The minimum atomic E-state index is -4.39.